The molecule has 10 heavy (non-hydrogen) atoms. The summed E-state index contributed by atoms with van der Waals surface area (Å²) >= 11 is 7.44. The van der Waals surface area contributed by atoms with E-state index in [4.69, 9.17) is 11.6 Å². The van der Waals surface area contributed by atoms with E-state index in [1.54, 1.807) is 11.3 Å². The lowest BCUT2D eigenvalue weighted by molar-refractivity contribution is 1.83. The van der Waals surface area contributed by atoms with Gasteiger partial charge in [-0.05, 0) is 23.1 Å². The molecule has 1 aliphatic carbocycles. The van der Waals surface area contributed by atoms with Crippen LogP contribution in [0, 0.1) is 6.07 Å². The van der Waals surface area contributed by atoms with Gasteiger partial charge in [-0.15, -0.1) is 11.3 Å². The molecule has 0 fully saturated rings. The van der Waals surface area contributed by atoms with Gasteiger partial charge in [0.2, 0.25) is 0 Å². The number of hydrogen-bond donors (Lipinski definition) is 0. The van der Waals surface area contributed by atoms with Crippen LogP contribution in [0.15, 0.2) is 23.6 Å². The molecule has 0 nitrogen and oxygen atoms in total. The highest BCUT2D eigenvalue weighted by molar-refractivity contribution is 7.14. The summed E-state index contributed by atoms with van der Waals surface area (Å²) in [6, 6.07) is 8.97. The van der Waals surface area contributed by atoms with Crippen LogP contribution in [0.3, 0.4) is 0 Å². The molecule has 2 aliphatic rings. The normalized spacial score (nSPS) is 10.5. The SMILES string of the molecule is Clc1sccc2[c]ccc1-2. The van der Waals surface area contributed by atoms with Gasteiger partial charge in [-0.2, -0.15) is 0 Å². The molecule has 0 spiro atoms. The second kappa shape index (κ2) is 2.26. The fourth-order valence-corrected chi connectivity index (χ4v) is 1.86. The first-order chi connectivity index (χ1) is 4.88. The summed E-state index contributed by atoms with van der Waals surface area (Å²) in [4.78, 5) is 0. The molecule has 49 valence electrons. The predicted molar refractivity (Wildman–Crippen MR) is 44.8 cm³/mol. The minimum absolute atomic E-state index is 0.846. The average Bonchev–Trinajstić information content (AvgIpc) is 2.36. The first-order valence-electron chi connectivity index (χ1n) is 2.91. The molecule has 0 aromatic rings. The van der Waals surface area contributed by atoms with Gasteiger partial charge in [0.1, 0.15) is 4.34 Å². The molecule has 0 aromatic heterocycles. The van der Waals surface area contributed by atoms with Crippen molar-refractivity contribution < 1.29 is 0 Å². The van der Waals surface area contributed by atoms with Gasteiger partial charge in [0, 0.05) is 5.56 Å². The molecule has 0 unspecified atom stereocenters. The molecular formula is C8H4ClS. The van der Waals surface area contributed by atoms with Crippen LogP contribution in [0.25, 0.3) is 11.1 Å². The van der Waals surface area contributed by atoms with E-state index in [9.17, 15) is 0 Å². The van der Waals surface area contributed by atoms with Crippen molar-refractivity contribution in [2.45, 2.75) is 0 Å². The molecule has 2 heteroatoms. The second-order valence-electron chi connectivity index (χ2n) is 2.00. The third-order valence-electron chi connectivity index (χ3n) is 1.40. The Kier molecular flexibility index (Phi) is 1.40. The van der Waals surface area contributed by atoms with Gasteiger partial charge >= 0.3 is 0 Å². The van der Waals surface area contributed by atoms with Crippen molar-refractivity contribution in [3.8, 4) is 11.1 Å². The van der Waals surface area contributed by atoms with Crippen LogP contribution in [0.4, 0.5) is 0 Å². The monoisotopic (exact) mass is 167 g/mol. The molecule has 0 atom stereocenters. The number of halogens is 1. The zero-order chi connectivity index (χ0) is 6.97. The molecule has 0 saturated carbocycles. The van der Waals surface area contributed by atoms with Crippen LogP contribution < -0.4 is 0 Å². The summed E-state index contributed by atoms with van der Waals surface area (Å²) < 4.78 is 0.846. The maximum atomic E-state index is 5.90. The van der Waals surface area contributed by atoms with E-state index in [0.717, 1.165) is 15.5 Å². The van der Waals surface area contributed by atoms with Gasteiger partial charge in [-0.1, -0.05) is 23.7 Å². The number of hydrogen-bond acceptors (Lipinski definition) is 1. The second-order valence-corrected chi connectivity index (χ2v) is 3.52. The van der Waals surface area contributed by atoms with E-state index in [0.29, 0.717) is 0 Å². The lowest BCUT2D eigenvalue weighted by atomic mass is 10.2. The number of rotatable bonds is 0. The fourth-order valence-electron chi connectivity index (χ4n) is 0.917. The zero-order valence-corrected chi connectivity index (χ0v) is 6.67. The molecule has 0 saturated heterocycles. The topological polar surface area (TPSA) is 0 Å². The third kappa shape index (κ3) is 0.825. The quantitative estimate of drug-likeness (QED) is 0.565. The van der Waals surface area contributed by atoms with Crippen molar-refractivity contribution in [2.75, 3.05) is 0 Å². The Hall–Kier alpha value is -0.530. The standard InChI is InChI=1S/C8H4ClS/c9-8-7-3-1-2-6(7)4-5-10-8/h1,3-5H. The van der Waals surface area contributed by atoms with E-state index in [1.165, 1.54) is 0 Å². The smallest absolute Gasteiger partial charge is 0.101 e. The maximum Gasteiger partial charge on any atom is 0.101 e. The minimum atomic E-state index is 0.846. The van der Waals surface area contributed by atoms with Crippen LogP contribution in [-0.4, -0.2) is 0 Å². The Morgan fingerprint density at radius 2 is 2.30 bits per heavy atom. The molecule has 1 aliphatic heterocycles. The van der Waals surface area contributed by atoms with Crippen molar-refractivity contribution in [1.29, 1.82) is 0 Å². The molecule has 2 rings (SSSR count). The lowest BCUT2D eigenvalue weighted by Gasteiger charge is -1.96. The van der Waals surface area contributed by atoms with Crippen molar-refractivity contribution in [3.63, 3.8) is 0 Å². The Bertz CT molecular complexity index is 313. The third-order valence-corrected chi connectivity index (χ3v) is 2.57. The van der Waals surface area contributed by atoms with Crippen molar-refractivity contribution in [3.05, 3.63) is 34.0 Å². The average molecular weight is 168 g/mol. The highest BCUT2D eigenvalue weighted by atomic mass is 35.5. The van der Waals surface area contributed by atoms with Crippen LogP contribution >= 0.6 is 22.9 Å². The van der Waals surface area contributed by atoms with E-state index in [2.05, 4.69) is 6.07 Å². The Morgan fingerprint density at radius 1 is 1.40 bits per heavy atom. The summed E-state index contributed by atoms with van der Waals surface area (Å²) in [7, 11) is 0. The fraction of sp³-hybridized carbons (Fsp3) is 0. The van der Waals surface area contributed by atoms with Gasteiger partial charge in [-0.25, -0.2) is 0 Å². The summed E-state index contributed by atoms with van der Waals surface area (Å²) in [5.41, 5.74) is 2.21. The van der Waals surface area contributed by atoms with Crippen LogP contribution in [0.2, 0.25) is 4.34 Å². The van der Waals surface area contributed by atoms with Crippen molar-refractivity contribution in [2.24, 2.45) is 0 Å². The van der Waals surface area contributed by atoms with Crippen LogP contribution in [-0.2, 0) is 0 Å². The number of fused-ring (bicyclic) bond motifs is 1. The van der Waals surface area contributed by atoms with Gasteiger partial charge < -0.3 is 0 Å². The maximum absolute atomic E-state index is 5.90. The van der Waals surface area contributed by atoms with E-state index in [-0.39, 0.29) is 0 Å². The minimum Gasteiger partial charge on any atom is -0.131 e. The molecular weight excluding hydrogens is 164 g/mol. The Labute approximate surface area is 68.4 Å². The molecule has 1 heterocycles. The highest BCUT2D eigenvalue weighted by Gasteiger charge is 2.04. The molecule has 0 aromatic carbocycles. The first-order valence-corrected chi connectivity index (χ1v) is 4.17. The lowest BCUT2D eigenvalue weighted by Crippen LogP contribution is -1.69. The summed E-state index contributed by atoms with van der Waals surface area (Å²) in [5.74, 6) is 0. The first kappa shape index (κ1) is 6.20. The van der Waals surface area contributed by atoms with E-state index >= 15 is 0 Å². The van der Waals surface area contributed by atoms with Gasteiger partial charge in [0.05, 0.1) is 0 Å². The van der Waals surface area contributed by atoms with Gasteiger partial charge in [0.25, 0.3) is 0 Å². The van der Waals surface area contributed by atoms with Crippen LogP contribution in [0.5, 0.6) is 0 Å². The van der Waals surface area contributed by atoms with Gasteiger partial charge in [0.15, 0.2) is 0 Å². The largest absolute Gasteiger partial charge is 0.131 e. The molecule has 0 bridgehead atoms. The van der Waals surface area contributed by atoms with E-state index in [1.807, 2.05) is 23.6 Å². The molecule has 0 amide bonds. The highest BCUT2D eigenvalue weighted by Crippen LogP contribution is 2.32. The van der Waals surface area contributed by atoms with Crippen molar-refractivity contribution >= 4 is 22.9 Å². The summed E-state index contributed by atoms with van der Waals surface area (Å²) in [5, 5.41) is 1.97. The van der Waals surface area contributed by atoms with Crippen LogP contribution in [0.1, 0.15) is 0 Å². The van der Waals surface area contributed by atoms with Gasteiger partial charge in [-0.3, -0.25) is 0 Å². The van der Waals surface area contributed by atoms with E-state index < -0.39 is 0 Å². The molecule has 1 radical (unpaired) electrons. The Balaban J connectivity index is 2.80. The Morgan fingerprint density at radius 3 is 3.10 bits per heavy atom. The summed E-state index contributed by atoms with van der Waals surface area (Å²) in [6.07, 6.45) is 0. The molecule has 0 N–H and O–H groups in total. The zero-order valence-electron chi connectivity index (χ0n) is 5.10. The summed E-state index contributed by atoms with van der Waals surface area (Å²) in [6.45, 7) is 0. The van der Waals surface area contributed by atoms with Crippen molar-refractivity contribution in [1.82, 2.24) is 0 Å². The predicted octanol–water partition coefficient (Wildman–Crippen LogP) is 3.31.